The molecule has 222 valence electrons. The van der Waals surface area contributed by atoms with Crippen molar-refractivity contribution in [3.63, 3.8) is 0 Å². The normalized spacial score (nSPS) is 12.3. The van der Waals surface area contributed by atoms with Crippen molar-refractivity contribution < 1.29 is 0 Å². The van der Waals surface area contributed by atoms with Crippen molar-refractivity contribution >= 4 is 74.9 Å². The van der Waals surface area contributed by atoms with Crippen LogP contribution in [0.3, 0.4) is 0 Å². The Bertz CT molecular complexity index is 2650. The second-order valence-corrected chi connectivity index (χ2v) is 14.2. The first-order valence-electron chi connectivity index (χ1n) is 16.3. The Balaban J connectivity index is 1.41. The van der Waals surface area contributed by atoms with Crippen LogP contribution in [0.25, 0.3) is 80.6 Å². The van der Waals surface area contributed by atoms with E-state index < -0.39 is 0 Å². The van der Waals surface area contributed by atoms with E-state index in [1.807, 2.05) is 11.3 Å². The van der Waals surface area contributed by atoms with Gasteiger partial charge in [-0.05, 0) is 85.6 Å². The van der Waals surface area contributed by atoms with Crippen LogP contribution in [0.2, 0.25) is 0 Å². The minimum absolute atomic E-state index is 0.328. The van der Waals surface area contributed by atoms with Crippen LogP contribution in [0, 0.1) is 0 Å². The monoisotopic (exact) mass is 610 g/mol. The molecular formula is C43H34N2S. The number of imidazole rings is 1. The predicted molar refractivity (Wildman–Crippen MR) is 200 cm³/mol. The van der Waals surface area contributed by atoms with E-state index >= 15 is 0 Å². The zero-order chi connectivity index (χ0) is 31.1. The molecule has 0 atom stereocenters. The topological polar surface area (TPSA) is 17.8 Å². The van der Waals surface area contributed by atoms with Gasteiger partial charge in [0.25, 0.3) is 0 Å². The van der Waals surface area contributed by atoms with Crippen molar-refractivity contribution in [1.29, 1.82) is 0 Å². The first kappa shape index (κ1) is 27.3. The van der Waals surface area contributed by atoms with Crippen LogP contribution in [0.4, 0.5) is 0 Å². The van der Waals surface area contributed by atoms with Gasteiger partial charge in [0.2, 0.25) is 0 Å². The fourth-order valence-corrected chi connectivity index (χ4v) is 8.88. The molecule has 0 radical (unpaired) electrons. The Labute approximate surface area is 272 Å². The van der Waals surface area contributed by atoms with E-state index in [0.29, 0.717) is 11.8 Å². The molecule has 2 heterocycles. The standard InChI is InChI=1S/C43H34N2S/c1-25(2)35-24-28-13-6-8-15-30(28)39(26(3)4)41(35)45-37-19-10-9-18-36(37)44-43(45)34-17-11-16-33-40-32-21-20-27-12-5-7-14-29(27)31(32)22-23-38(40)46-42(33)34/h5-26H,1-4H3. The average molecular weight is 611 g/mol. The average Bonchev–Trinajstić information content (AvgIpc) is 3.66. The quantitative estimate of drug-likeness (QED) is 0.181. The third-order valence-corrected chi connectivity index (χ3v) is 10.9. The van der Waals surface area contributed by atoms with Gasteiger partial charge in [-0.25, -0.2) is 4.98 Å². The molecular weight excluding hydrogens is 577 g/mol. The molecule has 7 aromatic carbocycles. The Morgan fingerprint density at radius 1 is 0.587 bits per heavy atom. The van der Waals surface area contributed by atoms with Crippen molar-refractivity contribution in [1.82, 2.24) is 9.55 Å². The first-order chi connectivity index (χ1) is 22.5. The van der Waals surface area contributed by atoms with Crippen LogP contribution >= 0.6 is 11.3 Å². The van der Waals surface area contributed by atoms with E-state index in [1.54, 1.807) is 0 Å². The molecule has 3 heteroatoms. The Kier molecular flexibility index (Phi) is 6.10. The summed E-state index contributed by atoms with van der Waals surface area (Å²) in [6.07, 6.45) is 0. The fraction of sp³-hybridized carbons (Fsp3) is 0.140. The third kappa shape index (κ3) is 3.91. The van der Waals surface area contributed by atoms with Gasteiger partial charge in [0, 0.05) is 25.7 Å². The third-order valence-electron chi connectivity index (χ3n) is 9.70. The number of nitrogens with zero attached hydrogens (tertiary/aromatic N) is 2. The van der Waals surface area contributed by atoms with Crippen LogP contribution in [0.15, 0.2) is 121 Å². The van der Waals surface area contributed by atoms with E-state index in [9.17, 15) is 0 Å². The van der Waals surface area contributed by atoms with Crippen molar-refractivity contribution in [2.45, 2.75) is 39.5 Å². The first-order valence-corrected chi connectivity index (χ1v) is 17.1. The van der Waals surface area contributed by atoms with Crippen LogP contribution in [-0.4, -0.2) is 9.55 Å². The highest BCUT2D eigenvalue weighted by molar-refractivity contribution is 7.26. The number of hydrogen-bond acceptors (Lipinski definition) is 2. The lowest BCUT2D eigenvalue weighted by molar-refractivity contribution is 0.819. The number of aromatic nitrogens is 2. The molecule has 0 spiro atoms. The maximum atomic E-state index is 5.43. The van der Waals surface area contributed by atoms with Gasteiger partial charge in [0.05, 0.1) is 16.7 Å². The molecule has 46 heavy (non-hydrogen) atoms. The van der Waals surface area contributed by atoms with Crippen LogP contribution in [0.5, 0.6) is 0 Å². The highest BCUT2D eigenvalue weighted by Gasteiger charge is 2.25. The number of fused-ring (bicyclic) bond motifs is 9. The Morgan fingerprint density at radius 2 is 1.30 bits per heavy atom. The molecule has 9 aromatic rings. The maximum absolute atomic E-state index is 5.43. The molecule has 0 unspecified atom stereocenters. The molecule has 0 fully saturated rings. The predicted octanol–water partition coefficient (Wildman–Crippen LogP) is 12.8. The summed E-state index contributed by atoms with van der Waals surface area (Å²) in [5.74, 6) is 1.67. The second-order valence-electron chi connectivity index (χ2n) is 13.1. The summed E-state index contributed by atoms with van der Waals surface area (Å²) in [5.41, 5.74) is 7.36. The lowest BCUT2D eigenvalue weighted by Crippen LogP contribution is -2.09. The Morgan fingerprint density at radius 3 is 2.13 bits per heavy atom. The van der Waals surface area contributed by atoms with E-state index in [4.69, 9.17) is 4.98 Å². The summed E-state index contributed by atoms with van der Waals surface area (Å²) < 4.78 is 5.08. The van der Waals surface area contributed by atoms with Gasteiger partial charge in [0.1, 0.15) is 5.82 Å². The van der Waals surface area contributed by atoms with E-state index in [2.05, 4.69) is 154 Å². The molecule has 2 nitrogen and oxygen atoms in total. The Hall–Kier alpha value is -4.99. The molecule has 2 aromatic heterocycles. The minimum Gasteiger partial charge on any atom is -0.292 e. The number of thiophene rings is 1. The number of rotatable bonds is 4. The molecule has 0 N–H and O–H groups in total. The maximum Gasteiger partial charge on any atom is 0.147 e. The summed E-state index contributed by atoms with van der Waals surface area (Å²) in [6.45, 7) is 9.29. The smallest absolute Gasteiger partial charge is 0.147 e. The summed E-state index contributed by atoms with van der Waals surface area (Å²) >= 11 is 1.89. The van der Waals surface area contributed by atoms with E-state index in [0.717, 1.165) is 16.9 Å². The van der Waals surface area contributed by atoms with Gasteiger partial charge in [-0.3, -0.25) is 4.57 Å². The molecule has 0 bridgehead atoms. The lowest BCUT2D eigenvalue weighted by Gasteiger charge is -2.25. The zero-order valence-electron chi connectivity index (χ0n) is 26.5. The second kappa shape index (κ2) is 10.3. The highest BCUT2D eigenvalue weighted by Crippen LogP contribution is 2.46. The van der Waals surface area contributed by atoms with E-state index in [1.165, 1.54) is 74.9 Å². The summed E-state index contributed by atoms with van der Waals surface area (Å²) in [7, 11) is 0. The minimum atomic E-state index is 0.328. The van der Waals surface area contributed by atoms with Crippen molar-refractivity contribution in [2.24, 2.45) is 0 Å². The van der Waals surface area contributed by atoms with Crippen LogP contribution in [-0.2, 0) is 0 Å². The summed E-state index contributed by atoms with van der Waals surface area (Å²) in [6, 6.07) is 44.7. The molecule has 0 amide bonds. The van der Waals surface area contributed by atoms with Crippen LogP contribution < -0.4 is 0 Å². The van der Waals surface area contributed by atoms with Crippen molar-refractivity contribution in [3.8, 4) is 17.1 Å². The summed E-state index contributed by atoms with van der Waals surface area (Å²) in [5, 5.41) is 10.5. The van der Waals surface area contributed by atoms with Crippen molar-refractivity contribution in [3.05, 3.63) is 132 Å². The van der Waals surface area contributed by atoms with Gasteiger partial charge < -0.3 is 0 Å². The van der Waals surface area contributed by atoms with Gasteiger partial charge in [-0.15, -0.1) is 11.3 Å². The van der Waals surface area contributed by atoms with E-state index in [-0.39, 0.29) is 0 Å². The van der Waals surface area contributed by atoms with Gasteiger partial charge in [0.15, 0.2) is 0 Å². The summed E-state index contributed by atoms with van der Waals surface area (Å²) in [4.78, 5) is 5.43. The number of benzene rings is 7. The lowest BCUT2D eigenvalue weighted by atomic mass is 9.87. The molecule has 0 saturated heterocycles. The van der Waals surface area contributed by atoms with Crippen molar-refractivity contribution in [2.75, 3.05) is 0 Å². The van der Waals surface area contributed by atoms with Gasteiger partial charge in [-0.1, -0.05) is 119 Å². The molecule has 9 rings (SSSR count). The van der Waals surface area contributed by atoms with Gasteiger partial charge in [-0.2, -0.15) is 0 Å². The van der Waals surface area contributed by atoms with Crippen LogP contribution in [0.1, 0.15) is 50.7 Å². The fourth-order valence-electron chi connectivity index (χ4n) is 7.66. The molecule has 0 saturated carbocycles. The number of para-hydroxylation sites is 2. The number of hydrogen-bond donors (Lipinski definition) is 0. The molecule has 0 aliphatic carbocycles. The highest BCUT2D eigenvalue weighted by atomic mass is 32.1. The largest absolute Gasteiger partial charge is 0.292 e. The zero-order valence-corrected chi connectivity index (χ0v) is 27.3. The molecule has 0 aliphatic heterocycles. The van der Waals surface area contributed by atoms with Gasteiger partial charge >= 0.3 is 0 Å². The molecule has 0 aliphatic rings. The SMILES string of the molecule is CC(C)c1cc2ccccc2c(C(C)C)c1-n1c(-c2cccc3c2sc2ccc4c5ccccc5ccc4c23)nc2ccccc21.